The molecule has 0 saturated heterocycles. The number of rotatable bonds is 6. The number of nitrogens with zero attached hydrogens (tertiary/aromatic N) is 3. The van der Waals surface area contributed by atoms with Crippen molar-refractivity contribution in [2.75, 3.05) is 17.2 Å². The molecule has 2 amide bonds. The van der Waals surface area contributed by atoms with Gasteiger partial charge in [-0.1, -0.05) is 0 Å². The molecule has 140 valence electrons. The van der Waals surface area contributed by atoms with Crippen LogP contribution in [0.15, 0.2) is 24.3 Å². The largest absolute Gasteiger partial charge is 0.452 e. The average molecular weight is 369 g/mol. The molecule has 1 aromatic carbocycles. The fourth-order valence-electron chi connectivity index (χ4n) is 2.31. The molecule has 0 aliphatic carbocycles. The highest BCUT2D eigenvalue weighted by Gasteiger charge is 2.15. The van der Waals surface area contributed by atoms with Gasteiger partial charge in [-0.05, 0) is 38.1 Å². The van der Waals surface area contributed by atoms with Crippen molar-refractivity contribution in [3.8, 4) is 6.07 Å². The number of aryl methyl sites for hydroxylation is 2. The number of esters is 1. The van der Waals surface area contributed by atoms with E-state index in [0.717, 1.165) is 5.69 Å². The topological polar surface area (TPSA) is 126 Å². The number of amides is 2. The van der Waals surface area contributed by atoms with Crippen LogP contribution in [0.4, 0.5) is 11.4 Å². The average Bonchev–Trinajstić information content (AvgIpc) is 2.86. The molecule has 0 saturated carbocycles. The maximum Gasteiger partial charge on any atom is 0.338 e. The van der Waals surface area contributed by atoms with E-state index in [9.17, 15) is 14.4 Å². The van der Waals surface area contributed by atoms with E-state index in [2.05, 4.69) is 15.7 Å². The minimum absolute atomic E-state index is 0.231. The van der Waals surface area contributed by atoms with Crippen LogP contribution in [0.2, 0.25) is 0 Å². The molecule has 1 aromatic heterocycles. The summed E-state index contributed by atoms with van der Waals surface area (Å²) in [5, 5.41) is 17.8. The van der Waals surface area contributed by atoms with Crippen molar-refractivity contribution in [1.29, 1.82) is 5.26 Å². The molecule has 0 radical (unpaired) electrons. The van der Waals surface area contributed by atoms with Crippen LogP contribution in [-0.2, 0) is 21.4 Å². The molecule has 0 aliphatic rings. The lowest BCUT2D eigenvalue weighted by molar-refractivity contribution is -0.119. The van der Waals surface area contributed by atoms with Crippen molar-refractivity contribution in [3.05, 3.63) is 41.2 Å². The van der Waals surface area contributed by atoms with E-state index in [4.69, 9.17) is 10.00 Å². The molecule has 0 atom stereocenters. The van der Waals surface area contributed by atoms with E-state index in [1.165, 1.54) is 24.3 Å². The third-order valence-electron chi connectivity index (χ3n) is 3.75. The second kappa shape index (κ2) is 8.62. The van der Waals surface area contributed by atoms with E-state index in [0.29, 0.717) is 17.1 Å². The van der Waals surface area contributed by atoms with Gasteiger partial charge < -0.3 is 15.4 Å². The van der Waals surface area contributed by atoms with Crippen LogP contribution in [0, 0.1) is 25.2 Å². The van der Waals surface area contributed by atoms with Crippen molar-refractivity contribution < 1.29 is 19.1 Å². The van der Waals surface area contributed by atoms with Crippen molar-refractivity contribution in [3.63, 3.8) is 0 Å². The molecule has 2 aromatic rings. The molecule has 0 unspecified atom stereocenters. The van der Waals surface area contributed by atoms with Gasteiger partial charge in [0.1, 0.15) is 6.42 Å². The smallest absolute Gasteiger partial charge is 0.338 e. The van der Waals surface area contributed by atoms with Gasteiger partial charge >= 0.3 is 5.97 Å². The van der Waals surface area contributed by atoms with Gasteiger partial charge in [0, 0.05) is 12.7 Å². The quantitative estimate of drug-likeness (QED) is 0.746. The van der Waals surface area contributed by atoms with Crippen LogP contribution in [-0.4, -0.2) is 34.2 Å². The number of ether oxygens (including phenoxy) is 1. The van der Waals surface area contributed by atoms with E-state index >= 15 is 0 Å². The highest BCUT2D eigenvalue weighted by molar-refractivity contribution is 5.97. The third-order valence-corrected chi connectivity index (χ3v) is 3.75. The summed E-state index contributed by atoms with van der Waals surface area (Å²) in [4.78, 5) is 35.4. The number of hydrogen-bond acceptors (Lipinski definition) is 6. The van der Waals surface area contributed by atoms with Gasteiger partial charge in [0.15, 0.2) is 6.61 Å². The summed E-state index contributed by atoms with van der Waals surface area (Å²) < 4.78 is 6.65. The molecule has 9 heteroatoms. The number of nitriles is 1. The molecular formula is C18H19N5O4. The van der Waals surface area contributed by atoms with E-state index in [1.54, 1.807) is 24.7 Å². The Balaban J connectivity index is 1.89. The van der Waals surface area contributed by atoms with Gasteiger partial charge in [-0.2, -0.15) is 10.4 Å². The number of carbonyl (C=O) groups is 3. The summed E-state index contributed by atoms with van der Waals surface area (Å²) in [6, 6.07) is 7.67. The monoisotopic (exact) mass is 369 g/mol. The fraction of sp³-hybridized carbons (Fsp3) is 0.278. The van der Waals surface area contributed by atoms with Gasteiger partial charge in [0.25, 0.3) is 5.91 Å². The standard InChI is InChI=1S/C18H19N5O4/c1-11-17(12(2)23(3)22-11)21-16(25)10-27-18(26)13-4-6-14(7-5-13)20-15(24)8-9-19/h4-7H,8,10H2,1-3H3,(H,20,24)(H,21,25). The van der Waals surface area contributed by atoms with Gasteiger partial charge in [0.2, 0.25) is 5.91 Å². The van der Waals surface area contributed by atoms with Crippen molar-refractivity contribution >= 4 is 29.2 Å². The number of hydrogen-bond donors (Lipinski definition) is 2. The number of aromatic nitrogens is 2. The zero-order chi connectivity index (χ0) is 20.0. The Morgan fingerprint density at radius 3 is 2.37 bits per heavy atom. The summed E-state index contributed by atoms with van der Waals surface area (Å²) in [6.45, 7) is 3.15. The Morgan fingerprint density at radius 2 is 1.81 bits per heavy atom. The van der Waals surface area contributed by atoms with E-state index in [-0.39, 0.29) is 12.0 Å². The van der Waals surface area contributed by atoms with Gasteiger partial charge in [-0.25, -0.2) is 4.79 Å². The molecule has 0 bridgehead atoms. The molecule has 2 rings (SSSR count). The number of carbonyl (C=O) groups excluding carboxylic acids is 3. The molecule has 2 N–H and O–H groups in total. The number of benzene rings is 1. The lowest BCUT2D eigenvalue weighted by Crippen LogP contribution is -2.21. The zero-order valence-corrected chi connectivity index (χ0v) is 15.2. The molecule has 0 aliphatic heterocycles. The molecule has 27 heavy (non-hydrogen) atoms. The maximum absolute atomic E-state index is 12.0. The molecular weight excluding hydrogens is 350 g/mol. The second-order valence-corrected chi connectivity index (χ2v) is 5.75. The summed E-state index contributed by atoms with van der Waals surface area (Å²) in [6.07, 6.45) is -0.255. The predicted molar refractivity (Wildman–Crippen MR) is 96.9 cm³/mol. The highest BCUT2D eigenvalue weighted by Crippen LogP contribution is 2.18. The molecule has 0 spiro atoms. The SMILES string of the molecule is Cc1nn(C)c(C)c1NC(=O)COC(=O)c1ccc(NC(=O)CC#N)cc1. The van der Waals surface area contributed by atoms with Gasteiger partial charge in [-0.15, -0.1) is 0 Å². The molecule has 1 heterocycles. The minimum Gasteiger partial charge on any atom is -0.452 e. The number of nitrogens with one attached hydrogen (secondary N) is 2. The predicted octanol–water partition coefficient (Wildman–Crippen LogP) is 1.68. The van der Waals surface area contributed by atoms with Crippen LogP contribution in [0.3, 0.4) is 0 Å². The van der Waals surface area contributed by atoms with Crippen LogP contribution >= 0.6 is 0 Å². The molecule has 9 nitrogen and oxygen atoms in total. The summed E-state index contributed by atoms with van der Waals surface area (Å²) in [5.74, 6) is -1.58. The van der Waals surface area contributed by atoms with Crippen molar-refractivity contribution in [2.45, 2.75) is 20.3 Å². The fourth-order valence-corrected chi connectivity index (χ4v) is 2.31. The van der Waals surface area contributed by atoms with E-state index in [1.807, 2.05) is 6.92 Å². The first kappa shape index (κ1) is 19.7. The van der Waals surface area contributed by atoms with E-state index < -0.39 is 24.4 Å². The zero-order valence-electron chi connectivity index (χ0n) is 15.2. The number of anilines is 2. The van der Waals surface area contributed by atoms with Crippen LogP contribution in [0.1, 0.15) is 28.2 Å². The summed E-state index contributed by atoms with van der Waals surface area (Å²) >= 11 is 0. The minimum atomic E-state index is -0.667. The Bertz CT molecular complexity index is 909. The maximum atomic E-state index is 12.0. The lowest BCUT2D eigenvalue weighted by atomic mass is 10.2. The van der Waals surface area contributed by atoms with Gasteiger partial charge in [-0.3, -0.25) is 14.3 Å². The summed E-state index contributed by atoms with van der Waals surface area (Å²) in [5.41, 5.74) is 2.74. The first-order valence-corrected chi connectivity index (χ1v) is 8.06. The molecule has 0 fully saturated rings. The Hall–Kier alpha value is -3.67. The second-order valence-electron chi connectivity index (χ2n) is 5.75. The first-order chi connectivity index (χ1) is 12.8. The normalized spacial score (nSPS) is 10.0. The Morgan fingerprint density at radius 1 is 1.15 bits per heavy atom. The summed E-state index contributed by atoms with van der Waals surface area (Å²) in [7, 11) is 1.77. The van der Waals surface area contributed by atoms with Crippen LogP contribution in [0.5, 0.6) is 0 Å². The third kappa shape index (κ3) is 5.15. The van der Waals surface area contributed by atoms with Gasteiger partial charge in [0.05, 0.1) is 28.7 Å². The van der Waals surface area contributed by atoms with Crippen LogP contribution < -0.4 is 10.6 Å². The highest BCUT2D eigenvalue weighted by atomic mass is 16.5. The Kier molecular flexibility index (Phi) is 6.27. The van der Waals surface area contributed by atoms with Crippen LogP contribution in [0.25, 0.3) is 0 Å². The van der Waals surface area contributed by atoms with Crippen molar-refractivity contribution in [2.24, 2.45) is 7.05 Å². The Labute approximate surface area is 155 Å². The van der Waals surface area contributed by atoms with Crippen molar-refractivity contribution in [1.82, 2.24) is 9.78 Å². The first-order valence-electron chi connectivity index (χ1n) is 8.06. The lowest BCUT2D eigenvalue weighted by Gasteiger charge is -2.08.